The highest BCUT2D eigenvalue weighted by Crippen LogP contribution is 2.21. The Morgan fingerprint density at radius 1 is 1.14 bits per heavy atom. The summed E-state index contributed by atoms with van der Waals surface area (Å²) < 4.78 is 14.3. The molecule has 2 aromatic carbocycles. The second-order valence-corrected chi connectivity index (χ2v) is 7.51. The number of hydrogen-bond acceptors (Lipinski definition) is 4. The molecule has 0 spiro atoms. The van der Waals surface area contributed by atoms with Crippen LogP contribution >= 0.6 is 0 Å². The number of aromatic nitrogens is 2. The number of nitrogens with one attached hydrogen (secondary N) is 2. The van der Waals surface area contributed by atoms with E-state index in [-0.39, 0.29) is 23.3 Å². The lowest BCUT2D eigenvalue weighted by molar-refractivity contribution is 0.0864. The smallest absolute Gasteiger partial charge is 0.272 e. The van der Waals surface area contributed by atoms with Gasteiger partial charge < -0.3 is 10.4 Å². The van der Waals surface area contributed by atoms with Crippen LogP contribution in [-0.4, -0.2) is 33.4 Å². The molecule has 7 heteroatoms. The van der Waals surface area contributed by atoms with Gasteiger partial charge in [0.05, 0.1) is 22.7 Å². The maximum Gasteiger partial charge on any atom is 0.272 e. The average molecular weight is 395 g/mol. The number of rotatable bonds is 4. The fraction of sp³-hybridized carbons (Fsp3) is 0.318. The highest BCUT2D eigenvalue weighted by Gasteiger charge is 2.22. The number of carbonyl (C=O) groups is 1. The van der Waals surface area contributed by atoms with E-state index in [0.29, 0.717) is 43.2 Å². The Kier molecular flexibility index (Phi) is 5.40. The molecule has 0 unspecified atom stereocenters. The third-order valence-electron chi connectivity index (χ3n) is 5.45. The molecule has 1 amide bonds. The molecule has 6 nitrogen and oxygen atoms in total. The van der Waals surface area contributed by atoms with Gasteiger partial charge in [-0.2, -0.15) is 5.10 Å². The number of halogens is 1. The number of benzene rings is 2. The topological polar surface area (TPSA) is 95.1 Å². The normalized spacial score (nSPS) is 19.2. The van der Waals surface area contributed by atoms with E-state index in [4.69, 9.17) is 0 Å². The molecule has 0 bridgehead atoms. The number of hydrogen-bond donors (Lipinski definition) is 3. The van der Waals surface area contributed by atoms with Gasteiger partial charge in [0.15, 0.2) is 0 Å². The van der Waals surface area contributed by atoms with E-state index in [9.17, 15) is 19.1 Å². The van der Waals surface area contributed by atoms with Crippen molar-refractivity contribution in [2.24, 2.45) is 0 Å². The predicted octanol–water partition coefficient (Wildman–Crippen LogP) is 2.69. The third-order valence-corrected chi connectivity index (χ3v) is 5.45. The van der Waals surface area contributed by atoms with Gasteiger partial charge in [0.2, 0.25) is 0 Å². The zero-order valence-corrected chi connectivity index (χ0v) is 15.8. The molecule has 0 atom stereocenters. The number of amides is 1. The Labute approximate surface area is 166 Å². The first-order valence-electron chi connectivity index (χ1n) is 9.75. The van der Waals surface area contributed by atoms with E-state index in [1.54, 1.807) is 18.2 Å². The van der Waals surface area contributed by atoms with E-state index in [1.807, 2.05) is 12.1 Å². The van der Waals surface area contributed by atoms with Gasteiger partial charge in [0.25, 0.3) is 11.5 Å². The van der Waals surface area contributed by atoms with E-state index in [0.717, 1.165) is 10.9 Å². The highest BCUT2D eigenvalue weighted by molar-refractivity contribution is 5.95. The first kappa shape index (κ1) is 19.3. The van der Waals surface area contributed by atoms with E-state index < -0.39 is 11.7 Å². The molecule has 1 aromatic heterocycles. The fourth-order valence-corrected chi connectivity index (χ4v) is 3.84. The van der Waals surface area contributed by atoms with Crippen molar-refractivity contribution < 1.29 is 14.3 Å². The van der Waals surface area contributed by atoms with Gasteiger partial charge in [-0.05, 0) is 49.4 Å². The molecule has 1 aliphatic carbocycles. The summed E-state index contributed by atoms with van der Waals surface area (Å²) in [6.07, 6.45) is 2.68. The van der Waals surface area contributed by atoms with E-state index in [2.05, 4.69) is 15.5 Å². The van der Waals surface area contributed by atoms with Crippen molar-refractivity contribution >= 4 is 16.7 Å². The summed E-state index contributed by atoms with van der Waals surface area (Å²) in [7, 11) is 0. The highest BCUT2D eigenvalue weighted by atomic mass is 19.1. The van der Waals surface area contributed by atoms with Crippen LogP contribution in [0.5, 0.6) is 0 Å². The summed E-state index contributed by atoms with van der Waals surface area (Å²) in [6.45, 7) is 0. The minimum atomic E-state index is -0.582. The minimum Gasteiger partial charge on any atom is -0.393 e. The third kappa shape index (κ3) is 4.19. The molecular weight excluding hydrogens is 373 g/mol. The van der Waals surface area contributed by atoms with Crippen LogP contribution < -0.4 is 10.9 Å². The van der Waals surface area contributed by atoms with Crippen LogP contribution in [0.4, 0.5) is 4.39 Å². The van der Waals surface area contributed by atoms with Crippen LogP contribution in [0.2, 0.25) is 0 Å². The number of carbonyl (C=O) groups excluding carboxylic acids is 1. The Morgan fingerprint density at radius 3 is 2.62 bits per heavy atom. The zero-order chi connectivity index (χ0) is 20.4. The molecular formula is C22H22FN3O3. The van der Waals surface area contributed by atoms with Crippen molar-refractivity contribution in [3.63, 3.8) is 0 Å². The number of H-pyrrole nitrogens is 1. The lowest BCUT2D eigenvalue weighted by Gasteiger charge is -2.26. The lowest BCUT2D eigenvalue weighted by Crippen LogP contribution is -2.38. The van der Waals surface area contributed by atoms with Crippen LogP contribution in [0.3, 0.4) is 0 Å². The Bertz CT molecular complexity index is 1100. The largest absolute Gasteiger partial charge is 0.393 e. The number of aliphatic hydroxyl groups is 1. The molecule has 150 valence electrons. The van der Waals surface area contributed by atoms with Crippen LogP contribution in [-0.2, 0) is 6.42 Å². The lowest BCUT2D eigenvalue weighted by atomic mass is 9.93. The average Bonchev–Trinajstić information content (AvgIpc) is 2.73. The van der Waals surface area contributed by atoms with Crippen molar-refractivity contribution in [2.45, 2.75) is 44.2 Å². The molecule has 0 saturated heterocycles. The predicted molar refractivity (Wildman–Crippen MR) is 107 cm³/mol. The van der Waals surface area contributed by atoms with Gasteiger partial charge >= 0.3 is 0 Å². The van der Waals surface area contributed by atoms with E-state index >= 15 is 0 Å². The summed E-state index contributed by atoms with van der Waals surface area (Å²) in [5.74, 6) is -1.04. The summed E-state index contributed by atoms with van der Waals surface area (Å²) in [6, 6.07) is 11.5. The molecule has 3 N–H and O–H groups in total. The summed E-state index contributed by atoms with van der Waals surface area (Å²) in [5, 5.41) is 20.4. The Morgan fingerprint density at radius 2 is 1.86 bits per heavy atom. The maximum absolute atomic E-state index is 14.3. The van der Waals surface area contributed by atoms with Crippen molar-refractivity contribution in [1.82, 2.24) is 15.5 Å². The van der Waals surface area contributed by atoms with Crippen molar-refractivity contribution in [3.8, 4) is 0 Å². The van der Waals surface area contributed by atoms with Gasteiger partial charge in [0, 0.05) is 17.8 Å². The molecule has 0 aliphatic heterocycles. The maximum atomic E-state index is 14.3. The van der Waals surface area contributed by atoms with Crippen LogP contribution in [0.25, 0.3) is 10.8 Å². The summed E-state index contributed by atoms with van der Waals surface area (Å²) in [4.78, 5) is 24.5. The number of fused-ring (bicyclic) bond motifs is 1. The number of nitrogens with zero attached hydrogens (tertiary/aromatic N) is 1. The van der Waals surface area contributed by atoms with Crippen molar-refractivity contribution in [1.29, 1.82) is 0 Å². The van der Waals surface area contributed by atoms with Crippen molar-refractivity contribution in [3.05, 3.63) is 75.5 Å². The van der Waals surface area contributed by atoms with Gasteiger partial charge in [0.1, 0.15) is 5.82 Å². The molecule has 4 rings (SSSR count). The molecule has 1 aliphatic rings. The fourth-order valence-electron chi connectivity index (χ4n) is 3.84. The SMILES string of the molecule is O=C(NC1CCC(O)CC1)c1cc(Cc2n[nH]c(=O)c3ccccc23)ccc1F. The van der Waals surface area contributed by atoms with Gasteiger partial charge in [-0.25, -0.2) is 9.49 Å². The first-order chi connectivity index (χ1) is 14.0. The monoisotopic (exact) mass is 395 g/mol. The second kappa shape index (κ2) is 8.13. The van der Waals surface area contributed by atoms with Crippen LogP contribution in [0.1, 0.15) is 47.3 Å². The Balaban J connectivity index is 1.57. The second-order valence-electron chi connectivity index (χ2n) is 7.51. The molecule has 1 heterocycles. The number of aromatic amines is 1. The molecule has 1 saturated carbocycles. The van der Waals surface area contributed by atoms with Crippen LogP contribution in [0.15, 0.2) is 47.3 Å². The Hall–Kier alpha value is -3.06. The van der Waals surface area contributed by atoms with Gasteiger partial charge in [-0.15, -0.1) is 0 Å². The minimum absolute atomic E-state index is 0.0117. The molecule has 3 aromatic rings. The molecule has 0 radical (unpaired) electrons. The summed E-state index contributed by atoms with van der Waals surface area (Å²) in [5.41, 5.74) is 1.10. The number of aliphatic hydroxyl groups excluding tert-OH is 1. The van der Waals surface area contributed by atoms with Gasteiger partial charge in [-0.3, -0.25) is 9.59 Å². The van der Waals surface area contributed by atoms with E-state index in [1.165, 1.54) is 12.1 Å². The standard InChI is InChI=1S/C22H22FN3O3/c23-19-10-5-13(11-18(19)21(28)24-14-6-8-15(27)9-7-14)12-20-16-3-1-2-4-17(16)22(29)26-25-20/h1-5,10-11,14-15,27H,6-9,12H2,(H,24,28)(H,26,29). The first-order valence-corrected chi connectivity index (χ1v) is 9.75. The summed E-state index contributed by atoms with van der Waals surface area (Å²) >= 11 is 0. The van der Waals surface area contributed by atoms with Crippen molar-refractivity contribution in [2.75, 3.05) is 0 Å². The quantitative estimate of drug-likeness (QED) is 0.633. The van der Waals surface area contributed by atoms with Crippen LogP contribution in [0, 0.1) is 5.82 Å². The molecule has 1 fully saturated rings. The van der Waals surface area contributed by atoms with Gasteiger partial charge in [-0.1, -0.05) is 24.3 Å². The molecule has 29 heavy (non-hydrogen) atoms. The zero-order valence-electron chi connectivity index (χ0n) is 15.8.